The van der Waals surface area contributed by atoms with E-state index >= 15 is 0 Å². The monoisotopic (exact) mass is 828 g/mol. The predicted octanol–water partition coefficient (Wildman–Crippen LogP) is 7.65. The van der Waals surface area contributed by atoms with Crippen molar-refractivity contribution in [2.45, 2.75) is 122 Å². The maximum atomic E-state index is 6.56. The molecule has 0 fully saturated rings. The van der Waals surface area contributed by atoms with E-state index in [1.807, 2.05) is 0 Å². The fourth-order valence-electron chi connectivity index (χ4n) is 8.09. The molecule has 0 radical (unpaired) electrons. The molecule has 0 unspecified atom stereocenters. The first kappa shape index (κ1) is 42.7. The van der Waals surface area contributed by atoms with Gasteiger partial charge in [0.2, 0.25) is 0 Å². The van der Waals surface area contributed by atoms with Gasteiger partial charge in [0.05, 0.1) is 0 Å². The topological polar surface area (TPSA) is 0 Å². The molecule has 0 saturated carbocycles. The van der Waals surface area contributed by atoms with Gasteiger partial charge in [0.25, 0.3) is 0 Å². The maximum Gasteiger partial charge on any atom is -1.00 e. The number of benzene rings is 4. The van der Waals surface area contributed by atoms with Crippen LogP contribution in [0.15, 0.2) is 94.3 Å². The second-order valence-electron chi connectivity index (χ2n) is 18.9. The Morgan fingerprint density at radius 3 is 1.33 bits per heavy atom. The first-order valence-corrected chi connectivity index (χ1v) is 22.7. The average molecular weight is 832 g/mol. The Labute approximate surface area is 340 Å². The number of rotatable bonds is 4. The van der Waals surface area contributed by atoms with Crippen molar-refractivity contribution in [2.24, 2.45) is 0 Å². The van der Waals surface area contributed by atoms with Gasteiger partial charge in [0.15, 0.2) is 0 Å². The van der Waals surface area contributed by atoms with Gasteiger partial charge in [-0.2, -0.15) is 0 Å². The fraction of sp³-hybridized carbons (Fsp3) is 0.396. The van der Waals surface area contributed by atoms with Crippen molar-refractivity contribution in [1.82, 2.24) is 0 Å². The van der Waals surface area contributed by atoms with Crippen LogP contribution in [0.1, 0.15) is 143 Å². The van der Waals surface area contributed by atoms with Crippen molar-refractivity contribution in [3.63, 3.8) is 0 Å². The number of allylic oxidation sites excluding steroid dienone is 4. The van der Waals surface area contributed by atoms with E-state index in [-0.39, 0.29) is 46.5 Å². The standard InChI is InChI=1S/C29H41.C14H11Cl.C5H5.2ClH.Zr/c1-26(2,3)22-14-18-13-19-15-23(27(4,5)6)25(29(10,11)12)17-21(19)20(18)16-24(22)28(7,8)9;1-11-2-4-12(5-3-11)10-13-6-8-14(15)9-7-13;1-2-4-5-3-1;;;/h13-17H,1-12H3;2-9H,1H3;1-3H,4H2;2*1H;/q;;;;;+2/p-2. The van der Waals surface area contributed by atoms with Crippen molar-refractivity contribution in [3.8, 4) is 11.1 Å². The molecule has 0 bridgehead atoms. The molecule has 2 aliphatic rings. The van der Waals surface area contributed by atoms with Gasteiger partial charge in [-0.05, 0) is 0 Å². The Kier molecular flexibility index (Phi) is 12.5. The molecule has 274 valence electrons. The van der Waals surface area contributed by atoms with Crippen LogP contribution in [0.5, 0.6) is 0 Å². The minimum Gasteiger partial charge on any atom is -1.00 e. The molecular weight excluding hydrogens is 774 g/mol. The van der Waals surface area contributed by atoms with E-state index in [2.05, 4.69) is 181 Å². The molecule has 0 nitrogen and oxygen atoms in total. The van der Waals surface area contributed by atoms with Crippen LogP contribution in [0, 0.1) is 6.92 Å². The second-order valence-corrected chi connectivity index (χ2v) is 25.6. The van der Waals surface area contributed by atoms with Gasteiger partial charge >= 0.3 is 318 Å². The summed E-state index contributed by atoms with van der Waals surface area (Å²) in [5.74, 6) is 0. The quantitative estimate of drug-likeness (QED) is 0.199. The Bertz CT molecular complexity index is 1920. The van der Waals surface area contributed by atoms with E-state index in [9.17, 15) is 0 Å². The second kappa shape index (κ2) is 15.3. The number of hydrogen-bond donors (Lipinski definition) is 0. The van der Waals surface area contributed by atoms with Crippen molar-refractivity contribution >= 4 is 14.8 Å². The third-order valence-corrected chi connectivity index (χ3v) is 19.2. The molecule has 0 saturated heterocycles. The first-order valence-electron chi connectivity index (χ1n) is 18.5. The number of halogens is 3. The summed E-state index contributed by atoms with van der Waals surface area (Å²) < 4.78 is 3.57. The van der Waals surface area contributed by atoms with Crippen molar-refractivity contribution in [2.75, 3.05) is 0 Å². The van der Waals surface area contributed by atoms with Crippen LogP contribution in [-0.2, 0) is 42.9 Å². The Balaban J connectivity index is 0.00000302. The molecule has 0 N–H and O–H groups in total. The normalized spacial score (nSPS) is 14.7. The summed E-state index contributed by atoms with van der Waals surface area (Å²) >= 11 is 3.67. The smallest absolute Gasteiger partial charge is 1.00 e. The largest absolute Gasteiger partial charge is 1.00 e. The zero-order valence-corrected chi connectivity index (χ0v) is 38.3. The van der Waals surface area contributed by atoms with Crippen LogP contribution in [-0.4, -0.2) is 3.21 Å². The van der Waals surface area contributed by atoms with Crippen LogP contribution >= 0.6 is 11.6 Å². The third kappa shape index (κ3) is 8.30. The number of hydrogen-bond acceptors (Lipinski definition) is 0. The van der Waals surface area contributed by atoms with E-state index in [1.165, 1.54) is 50.1 Å². The van der Waals surface area contributed by atoms with Crippen molar-refractivity contribution in [1.29, 1.82) is 0 Å². The molecule has 2 aliphatic carbocycles. The molecule has 0 atom stereocenters. The fourth-order valence-corrected chi connectivity index (χ4v) is 17.2. The molecule has 0 heterocycles. The molecule has 4 heteroatoms. The number of aryl methyl sites for hydroxylation is 1. The van der Waals surface area contributed by atoms with Gasteiger partial charge in [-0.25, -0.2) is 0 Å². The summed E-state index contributed by atoms with van der Waals surface area (Å²) in [5.41, 5.74) is 16.0. The zero-order chi connectivity index (χ0) is 36.6. The van der Waals surface area contributed by atoms with E-state index in [4.69, 9.17) is 11.6 Å². The van der Waals surface area contributed by atoms with Gasteiger partial charge in [-0.15, -0.1) is 0 Å². The van der Waals surface area contributed by atoms with Crippen LogP contribution in [0.25, 0.3) is 11.1 Å². The minimum absolute atomic E-state index is 0. The van der Waals surface area contributed by atoms with E-state index in [0.29, 0.717) is 3.63 Å². The predicted molar refractivity (Wildman–Crippen MR) is 216 cm³/mol. The molecule has 0 spiro atoms. The van der Waals surface area contributed by atoms with Gasteiger partial charge in [-0.1, -0.05) is 0 Å². The zero-order valence-electron chi connectivity index (χ0n) is 33.6. The Morgan fingerprint density at radius 1 is 0.577 bits per heavy atom. The van der Waals surface area contributed by atoms with E-state index in [0.717, 1.165) is 11.4 Å². The molecule has 4 aromatic rings. The van der Waals surface area contributed by atoms with Crippen LogP contribution in [0.2, 0.25) is 5.02 Å². The summed E-state index contributed by atoms with van der Waals surface area (Å²) in [6.07, 6.45) is 8.22. The minimum atomic E-state index is -2.89. The Morgan fingerprint density at radius 2 is 0.962 bits per heavy atom. The van der Waals surface area contributed by atoms with Crippen LogP contribution < -0.4 is 24.8 Å². The van der Waals surface area contributed by atoms with Crippen LogP contribution in [0.4, 0.5) is 0 Å². The average Bonchev–Trinajstić information content (AvgIpc) is 3.65. The molecule has 0 aliphatic heterocycles. The maximum absolute atomic E-state index is 6.56. The van der Waals surface area contributed by atoms with Gasteiger partial charge in [0.1, 0.15) is 0 Å². The SMILES string of the molecule is Cc1ccc(/[C](c2ccc(Cl)cc2)=[Zr+2](/[C]2=CC=CC2)[CH]2c3cc(C(C)(C)C)c(C(C)(C)C)cc3-c3cc(C(C)(C)C)c(C(C)(C)C)cc32)cc1.[Cl-].[Cl-]. The van der Waals surface area contributed by atoms with Crippen molar-refractivity contribution < 1.29 is 46.1 Å². The van der Waals surface area contributed by atoms with Crippen LogP contribution in [0.3, 0.4) is 0 Å². The summed E-state index contributed by atoms with van der Waals surface area (Å²) in [7, 11) is 0. The molecule has 0 aromatic heterocycles. The van der Waals surface area contributed by atoms with E-state index < -0.39 is 21.3 Å². The molecule has 4 aromatic carbocycles. The third-order valence-electron chi connectivity index (χ3n) is 10.7. The molecule has 0 amide bonds. The van der Waals surface area contributed by atoms with Gasteiger partial charge in [0, 0.05) is 0 Å². The molecular formula is C48H57Cl3Zr. The van der Waals surface area contributed by atoms with Gasteiger partial charge in [-0.3, -0.25) is 0 Å². The Hall–Kier alpha value is -2.02. The summed E-state index contributed by atoms with van der Waals surface area (Å²) in [6, 6.07) is 28.7. The van der Waals surface area contributed by atoms with Crippen molar-refractivity contribution in [3.05, 3.63) is 149 Å². The summed E-state index contributed by atoms with van der Waals surface area (Å²) in [6.45, 7) is 30.9. The summed E-state index contributed by atoms with van der Waals surface area (Å²) in [5, 5.41) is 0.787. The number of fused-ring (bicyclic) bond motifs is 3. The molecule has 52 heavy (non-hydrogen) atoms. The van der Waals surface area contributed by atoms with E-state index in [1.54, 1.807) is 17.6 Å². The summed E-state index contributed by atoms with van der Waals surface area (Å²) in [4.78, 5) is 0. The molecule has 6 rings (SSSR count). The first-order chi connectivity index (χ1) is 23.2. The van der Waals surface area contributed by atoms with Gasteiger partial charge < -0.3 is 24.8 Å².